The van der Waals surface area contributed by atoms with Crippen molar-refractivity contribution in [2.24, 2.45) is 11.8 Å². The fourth-order valence-electron chi connectivity index (χ4n) is 1.50. The predicted molar refractivity (Wildman–Crippen MR) is 66.5 cm³/mol. The minimum absolute atomic E-state index is 0.718. The molecular weight excluding hydrogens is 168 g/mol. The van der Waals surface area contributed by atoms with Crippen molar-refractivity contribution in [1.29, 1.82) is 0 Å². The number of hydrogen-bond acceptors (Lipinski definition) is 0. The summed E-state index contributed by atoms with van der Waals surface area (Å²) in [5.74, 6) is 1.65. The van der Waals surface area contributed by atoms with Gasteiger partial charge in [0.05, 0.1) is 0 Å². The molecule has 0 aliphatic carbocycles. The molecule has 0 bridgehead atoms. The Kier molecular flexibility index (Phi) is 9.13. The van der Waals surface area contributed by atoms with Crippen LogP contribution in [0, 0.1) is 11.8 Å². The quantitative estimate of drug-likeness (QED) is 0.370. The topological polar surface area (TPSA) is 0 Å². The Bertz CT molecular complexity index is 133. The van der Waals surface area contributed by atoms with E-state index < -0.39 is 0 Å². The van der Waals surface area contributed by atoms with E-state index in [1.165, 1.54) is 38.5 Å². The summed E-state index contributed by atoms with van der Waals surface area (Å²) in [7, 11) is 0. The predicted octanol–water partition coefficient (Wildman–Crippen LogP) is 5.20. The number of unbranched alkanes of at least 4 members (excludes halogenated alkanes) is 3. The van der Waals surface area contributed by atoms with E-state index in [-0.39, 0.29) is 0 Å². The molecule has 84 valence electrons. The van der Waals surface area contributed by atoms with Crippen molar-refractivity contribution in [2.45, 2.75) is 66.2 Å². The summed E-state index contributed by atoms with van der Waals surface area (Å²) >= 11 is 0. The first-order valence-electron chi connectivity index (χ1n) is 6.33. The molecule has 0 heterocycles. The van der Waals surface area contributed by atoms with Crippen molar-refractivity contribution in [1.82, 2.24) is 0 Å². The molecule has 1 unspecified atom stereocenters. The van der Waals surface area contributed by atoms with E-state index in [1.54, 1.807) is 0 Å². The molecule has 0 aromatic carbocycles. The van der Waals surface area contributed by atoms with Crippen LogP contribution in [0.5, 0.6) is 0 Å². The zero-order valence-corrected chi connectivity index (χ0v) is 10.6. The zero-order valence-electron chi connectivity index (χ0n) is 10.6. The smallest absolute Gasteiger partial charge is 0.0290 e. The highest BCUT2D eigenvalue weighted by molar-refractivity contribution is 4.83. The van der Waals surface area contributed by atoms with Gasteiger partial charge in [0, 0.05) is 0 Å². The number of allylic oxidation sites excluding steroid dienone is 2. The third kappa shape index (κ3) is 9.83. The largest absolute Gasteiger partial charge is 0.0883 e. The molecule has 14 heavy (non-hydrogen) atoms. The van der Waals surface area contributed by atoms with Crippen LogP contribution in [-0.2, 0) is 0 Å². The van der Waals surface area contributed by atoms with Crippen molar-refractivity contribution < 1.29 is 0 Å². The summed E-state index contributed by atoms with van der Waals surface area (Å²) in [4.78, 5) is 0. The second kappa shape index (κ2) is 9.30. The average molecular weight is 196 g/mol. The van der Waals surface area contributed by atoms with Crippen molar-refractivity contribution in [3.05, 3.63) is 12.2 Å². The third-order valence-electron chi connectivity index (χ3n) is 2.79. The summed E-state index contributed by atoms with van der Waals surface area (Å²) in [6.45, 7) is 9.12. The fraction of sp³-hybridized carbons (Fsp3) is 0.857. The van der Waals surface area contributed by atoms with Gasteiger partial charge in [0.2, 0.25) is 0 Å². The number of rotatable bonds is 8. The zero-order chi connectivity index (χ0) is 10.8. The van der Waals surface area contributed by atoms with Crippen LogP contribution in [0.2, 0.25) is 0 Å². The van der Waals surface area contributed by atoms with E-state index in [0.29, 0.717) is 0 Å². The lowest BCUT2D eigenvalue weighted by molar-refractivity contribution is 0.479. The monoisotopic (exact) mass is 196 g/mol. The first-order chi connectivity index (χ1) is 6.66. The van der Waals surface area contributed by atoms with Gasteiger partial charge >= 0.3 is 0 Å². The maximum Gasteiger partial charge on any atom is -0.0290 e. The van der Waals surface area contributed by atoms with Gasteiger partial charge in [-0.25, -0.2) is 0 Å². The molecule has 0 rings (SSSR count). The lowest BCUT2D eigenvalue weighted by Gasteiger charge is -2.06. The van der Waals surface area contributed by atoms with Crippen LogP contribution in [0.3, 0.4) is 0 Å². The van der Waals surface area contributed by atoms with Gasteiger partial charge in [-0.05, 0) is 24.7 Å². The molecule has 0 aromatic rings. The van der Waals surface area contributed by atoms with Gasteiger partial charge in [-0.1, -0.05) is 65.5 Å². The molecule has 0 aromatic heterocycles. The van der Waals surface area contributed by atoms with Gasteiger partial charge in [-0.15, -0.1) is 0 Å². The summed E-state index contributed by atoms with van der Waals surface area (Å²) in [5.41, 5.74) is 0. The van der Waals surface area contributed by atoms with Crippen LogP contribution in [0.1, 0.15) is 66.2 Å². The Hall–Kier alpha value is -0.260. The van der Waals surface area contributed by atoms with Gasteiger partial charge in [-0.3, -0.25) is 0 Å². The number of hydrogen-bond donors (Lipinski definition) is 0. The first kappa shape index (κ1) is 13.7. The van der Waals surface area contributed by atoms with Crippen molar-refractivity contribution in [2.75, 3.05) is 0 Å². The van der Waals surface area contributed by atoms with Crippen LogP contribution in [-0.4, -0.2) is 0 Å². The van der Waals surface area contributed by atoms with Gasteiger partial charge < -0.3 is 0 Å². The summed E-state index contributed by atoms with van der Waals surface area (Å²) in [6, 6.07) is 0. The normalized spacial score (nSPS) is 14.1. The van der Waals surface area contributed by atoms with E-state index in [1.807, 2.05) is 0 Å². The minimum atomic E-state index is 0.718. The van der Waals surface area contributed by atoms with Crippen LogP contribution in [0.25, 0.3) is 0 Å². The standard InChI is InChI=1S/C14H28/c1-5-14(4)12-10-8-6-7-9-11-13(2)3/h9,11,13-14H,5-8,10,12H2,1-4H3. The Morgan fingerprint density at radius 2 is 1.71 bits per heavy atom. The molecule has 0 nitrogen and oxygen atoms in total. The maximum absolute atomic E-state index is 2.36. The molecule has 0 heteroatoms. The highest BCUT2D eigenvalue weighted by atomic mass is 14.0. The molecule has 0 aliphatic rings. The second-order valence-electron chi connectivity index (χ2n) is 4.82. The van der Waals surface area contributed by atoms with Crippen molar-refractivity contribution >= 4 is 0 Å². The summed E-state index contributed by atoms with van der Waals surface area (Å²) in [5, 5.41) is 0. The Morgan fingerprint density at radius 1 is 1.00 bits per heavy atom. The maximum atomic E-state index is 2.36. The third-order valence-corrected chi connectivity index (χ3v) is 2.79. The van der Waals surface area contributed by atoms with E-state index in [2.05, 4.69) is 39.8 Å². The van der Waals surface area contributed by atoms with Crippen molar-refractivity contribution in [3.8, 4) is 0 Å². The fourth-order valence-corrected chi connectivity index (χ4v) is 1.50. The molecule has 0 amide bonds. The first-order valence-corrected chi connectivity index (χ1v) is 6.33. The van der Waals surface area contributed by atoms with Crippen LogP contribution >= 0.6 is 0 Å². The highest BCUT2D eigenvalue weighted by Crippen LogP contribution is 2.13. The average Bonchev–Trinajstić information content (AvgIpc) is 2.15. The molecule has 0 N–H and O–H groups in total. The van der Waals surface area contributed by atoms with E-state index in [0.717, 1.165) is 11.8 Å². The molecule has 0 spiro atoms. The minimum Gasteiger partial charge on any atom is -0.0883 e. The van der Waals surface area contributed by atoms with Gasteiger partial charge in [0.25, 0.3) is 0 Å². The second-order valence-corrected chi connectivity index (χ2v) is 4.82. The van der Waals surface area contributed by atoms with Crippen molar-refractivity contribution in [3.63, 3.8) is 0 Å². The summed E-state index contributed by atoms with van der Waals surface area (Å²) < 4.78 is 0. The van der Waals surface area contributed by atoms with Crippen LogP contribution in [0.4, 0.5) is 0 Å². The van der Waals surface area contributed by atoms with Crippen LogP contribution in [0.15, 0.2) is 12.2 Å². The Labute approximate surface area is 90.8 Å². The van der Waals surface area contributed by atoms with Gasteiger partial charge in [0.15, 0.2) is 0 Å². The Morgan fingerprint density at radius 3 is 2.29 bits per heavy atom. The molecule has 0 aliphatic heterocycles. The molecular formula is C14H28. The lowest BCUT2D eigenvalue weighted by atomic mass is 10.0. The Balaban J connectivity index is 3.14. The molecule has 0 radical (unpaired) electrons. The lowest BCUT2D eigenvalue weighted by Crippen LogP contribution is -1.91. The highest BCUT2D eigenvalue weighted by Gasteiger charge is 1.97. The summed E-state index contributed by atoms with van der Waals surface area (Å²) in [6.07, 6.45) is 12.9. The van der Waals surface area contributed by atoms with E-state index in [4.69, 9.17) is 0 Å². The van der Waals surface area contributed by atoms with Gasteiger partial charge in [-0.2, -0.15) is 0 Å². The van der Waals surface area contributed by atoms with E-state index in [9.17, 15) is 0 Å². The molecule has 0 saturated heterocycles. The SMILES string of the molecule is CCC(C)CCCCCC=CC(C)C. The van der Waals surface area contributed by atoms with E-state index >= 15 is 0 Å². The molecule has 0 saturated carbocycles. The molecule has 1 atom stereocenters. The van der Waals surface area contributed by atoms with Crippen LogP contribution < -0.4 is 0 Å². The van der Waals surface area contributed by atoms with Gasteiger partial charge in [0.1, 0.15) is 0 Å². The molecule has 0 fully saturated rings.